The third-order valence-electron chi connectivity index (χ3n) is 8.69. The molecule has 8 aromatic rings. The first-order valence-corrected chi connectivity index (χ1v) is 15.4. The quantitative estimate of drug-likeness (QED) is 0.204. The molecule has 0 saturated carbocycles. The van der Waals surface area contributed by atoms with E-state index in [0.29, 0.717) is 0 Å². The molecule has 0 amide bonds. The first kappa shape index (κ1) is 26.3. The average Bonchev–Trinajstić information content (AvgIpc) is 3.41. The zero-order valence-corrected chi connectivity index (χ0v) is 24.8. The van der Waals surface area contributed by atoms with Crippen molar-refractivity contribution in [1.82, 2.24) is 4.98 Å². The lowest BCUT2D eigenvalue weighted by atomic mass is 9.93. The minimum Gasteiger partial charge on any atom is -0.457 e. The fourth-order valence-corrected chi connectivity index (χ4v) is 6.42. The summed E-state index contributed by atoms with van der Waals surface area (Å²) < 4.78 is 18.6. The van der Waals surface area contributed by atoms with Crippen LogP contribution in [0.2, 0.25) is 0 Å². The maximum Gasteiger partial charge on any atom is 0.230 e. The van der Waals surface area contributed by atoms with Crippen LogP contribution in [0.25, 0.3) is 77.8 Å². The standard InChI is InChI=1S/C42H27NO3/c1-3-10-27(11-4-1)37-24-31(25-38(43-37)28-12-5-2-6-13-28)29-18-20-39-35(22-29)36-23-30(19-21-40(36)45-26-44-39)32-15-9-16-34-33-14-7-8-17-41(33)46-42(32)34/h1-25H,26H2. The summed E-state index contributed by atoms with van der Waals surface area (Å²) in [5.41, 5.74) is 11.9. The Morgan fingerprint density at radius 1 is 0.413 bits per heavy atom. The van der Waals surface area contributed by atoms with E-state index in [0.717, 1.165) is 89.3 Å². The van der Waals surface area contributed by atoms with E-state index in [4.69, 9.17) is 18.9 Å². The van der Waals surface area contributed by atoms with Gasteiger partial charge in [0.25, 0.3) is 0 Å². The van der Waals surface area contributed by atoms with Crippen molar-refractivity contribution in [3.05, 3.63) is 152 Å². The Balaban J connectivity index is 1.20. The maximum atomic E-state index is 6.39. The number of hydrogen-bond donors (Lipinski definition) is 0. The van der Waals surface area contributed by atoms with Gasteiger partial charge < -0.3 is 13.9 Å². The third-order valence-corrected chi connectivity index (χ3v) is 8.69. The number of rotatable bonds is 4. The summed E-state index contributed by atoms with van der Waals surface area (Å²) in [7, 11) is 0. The van der Waals surface area contributed by atoms with E-state index in [1.54, 1.807) is 0 Å². The van der Waals surface area contributed by atoms with E-state index < -0.39 is 0 Å². The van der Waals surface area contributed by atoms with Crippen LogP contribution in [0.15, 0.2) is 156 Å². The molecule has 0 unspecified atom stereocenters. The van der Waals surface area contributed by atoms with Gasteiger partial charge in [0.2, 0.25) is 6.79 Å². The van der Waals surface area contributed by atoms with Crippen LogP contribution in [0.3, 0.4) is 0 Å². The first-order valence-electron chi connectivity index (χ1n) is 15.4. The molecule has 1 aliphatic rings. The summed E-state index contributed by atoms with van der Waals surface area (Å²) in [4.78, 5) is 5.07. The molecule has 0 saturated heterocycles. The highest BCUT2D eigenvalue weighted by Crippen LogP contribution is 2.45. The van der Waals surface area contributed by atoms with Crippen LogP contribution < -0.4 is 9.47 Å². The van der Waals surface area contributed by atoms with Crippen molar-refractivity contribution in [1.29, 1.82) is 0 Å². The molecule has 0 aliphatic carbocycles. The summed E-state index contributed by atoms with van der Waals surface area (Å²) in [5, 5.41) is 2.22. The minimum absolute atomic E-state index is 0.142. The van der Waals surface area contributed by atoms with Gasteiger partial charge in [-0.1, -0.05) is 109 Å². The molecule has 0 N–H and O–H groups in total. The molecule has 0 fully saturated rings. The zero-order chi connectivity index (χ0) is 30.5. The Bertz CT molecular complexity index is 2340. The summed E-state index contributed by atoms with van der Waals surface area (Å²) in [5.74, 6) is 1.56. The largest absolute Gasteiger partial charge is 0.457 e. The molecule has 4 nitrogen and oxygen atoms in total. The summed E-state index contributed by atoms with van der Waals surface area (Å²) in [6, 6.07) is 52.2. The fraction of sp³-hybridized carbons (Fsp3) is 0.0238. The predicted octanol–water partition coefficient (Wildman–Crippen LogP) is 11.0. The first-order chi connectivity index (χ1) is 22.8. The molecular formula is C42H27NO3. The molecule has 0 bridgehead atoms. The second-order valence-electron chi connectivity index (χ2n) is 11.5. The molecule has 218 valence electrons. The number of fused-ring (bicyclic) bond motifs is 6. The molecular weight excluding hydrogens is 566 g/mol. The Labute approximate surface area is 266 Å². The highest BCUT2D eigenvalue weighted by molar-refractivity contribution is 6.09. The number of benzene rings is 6. The van der Waals surface area contributed by atoms with Crippen LogP contribution in [0.4, 0.5) is 0 Å². The molecule has 9 rings (SSSR count). The van der Waals surface area contributed by atoms with E-state index in [-0.39, 0.29) is 6.79 Å². The number of hydrogen-bond acceptors (Lipinski definition) is 4. The summed E-state index contributed by atoms with van der Waals surface area (Å²) in [6.45, 7) is 0.142. The van der Waals surface area contributed by atoms with Gasteiger partial charge in [-0.05, 0) is 59.2 Å². The Kier molecular flexibility index (Phi) is 6.17. The lowest BCUT2D eigenvalue weighted by Crippen LogP contribution is -2.03. The second kappa shape index (κ2) is 10.8. The van der Waals surface area contributed by atoms with E-state index in [1.165, 1.54) is 0 Å². The Morgan fingerprint density at radius 3 is 1.70 bits per heavy atom. The zero-order valence-electron chi connectivity index (χ0n) is 24.8. The van der Waals surface area contributed by atoms with Crippen LogP contribution in [-0.4, -0.2) is 11.8 Å². The van der Waals surface area contributed by atoms with Crippen LogP contribution in [0.5, 0.6) is 11.5 Å². The van der Waals surface area contributed by atoms with Gasteiger partial charge in [-0.3, -0.25) is 0 Å². The van der Waals surface area contributed by atoms with Crippen LogP contribution in [0.1, 0.15) is 0 Å². The fourth-order valence-electron chi connectivity index (χ4n) is 6.42. The van der Waals surface area contributed by atoms with Gasteiger partial charge in [-0.2, -0.15) is 0 Å². The second-order valence-corrected chi connectivity index (χ2v) is 11.5. The van der Waals surface area contributed by atoms with Gasteiger partial charge in [-0.25, -0.2) is 4.98 Å². The number of para-hydroxylation sites is 2. The molecule has 0 spiro atoms. The summed E-state index contributed by atoms with van der Waals surface area (Å²) in [6.07, 6.45) is 0. The van der Waals surface area contributed by atoms with Crippen molar-refractivity contribution in [2.45, 2.75) is 0 Å². The highest BCUT2D eigenvalue weighted by atomic mass is 16.7. The molecule has 2 aromatic heterocycles. The van der Waals surface area contributed by atoms with Crippen LogP contribution in [0, 0.1) is 0 Å². The van der Waals surface area contributed by atoms with E-state index in [1.807, 2.05) is 66.7 Å². The van der Waals surface area contributed by atoms with Crippen molar-refractivity contribution in [3.8, 4) is 67.4 Å². The SMILES string of the molecule is c1ccc(-c2cc(-c3ccc4c(c3)-c3cc(-c5cccc6c5oc5ccccc56)ccc3OCO4)cc(-c3ccccc3)n2)cc1. The van der Waals surface area contributed by atoms with Crippen molar-refractivity contribution >= 4 is 21.9 Å². The van der Waals surface area contributed by atoms with E-state index in [2.05, 4.69) is 84.9 Å². The van der Waals surface area contributed by atoms with Crippen LogP contribution >= 0.6 is 0 Å². The Hall–Kier alpha value is -6.13. The van der Waals surface area contributed by atoms with Gasteiger partial charge in [0.05, 0.1) is 11.4 Å². The highest BCUT2D eigenvalue weighted by Gasteiger charge is 2.20. The van der Waals surface area contributed by atoms with Gasteiger partial charge in [0.15, 0.2) is 0 Å². The van der Waals surface area contributed by atoms with E-state index in [9.17, 15) is 0 Å². The monoisotopic (exact) mass is 593 g/mol. The average molecular weight is 594 g/mol. The molecule has 6 aromatic carbocycles. The van der Waals surface area contributed by atoms with Crippen molar-refractivity contribution in [2.75, 3.05) is 6.79 Å². The summed E-state index contributed by atoms with van der Waals surface area (Å²) >= 11 is 0. The number of ether oxygens (including phenoxy) is 2. The number of nitrogens with zero attached hydrogens (tertiary/aromatic N) is 1. The van der Waals surface area contributed by atoms with Gasteiger partial charge in [0, 0.05) is 38.6 Å². The van der Waals surface area contributed by atoms with Crippen molar-refractivity contribution < 1.29 is 13.9 Å². The topological polar surface area (TPSA) is 44.5 Å². The molecule has 46 heavy (non-hydrogen) atoms. The number of furan rings is 1. The van der Waals surface area contributed by atoms with Crippen molar-refractivity contribution in [3.63, 3.8) is 0 Å². The Morgan fingerprint density at radius 2 is 1.00 bits per heavy atom. The number of pyridine rings is 1. The number of aromatic nitrogens is 1. The normalized spacial score (nSPS) is 12.2. The maximum absolute atomic E-state index is 6.39. The lowest BCUT2D eigenvalue weighted by Gasteiger charge is -2.14. The van der Waals surface area contributed by atoms with Gasteiger partial charge in [-0.15, -0.1) is 0 Å². The predicted molar refractivity (Wildman–Crippen MR) is 185 cm³/mol. The molecule has 0 atom stereocenters. The molecule has 1 aliphatic heterocycles. The van der Waals surface area contributed by atoms with E-state index >= 15 is 0 Å². The molecule has 4 heteroatoms. The minimum atomic E-state index is 0.142. The van der Waals surface area contributed by atoms with Gasteiger partial charge >= 0.3 is 0 Å². The van der Waals surface area contributed by atoms with Crippen molar-refractivity contribution in [2.24, 2.45) is 0 Å². The molecule has 0 radical (unpaired) electrons. The smallest absolute Gasteiger partial charge is 0.230 e. The van der Waals surface area contributed by atoms with Crippen LogP contribution in [-0.2, 0) is 0 Å². The van der Waals surface area contributed by atoms with Gasteiger partial charge in [0.1, 0.15) is 22.7 Å². The molecule has 3 heterocycles. The third kappa shape index (κ3) is 4.51. The lowest BCUT2D eigenvalue weighted by molar-refractivity contribution is 0.125.